The van der Waals surface area contributed by atoms with Gasteiger partial charge in [-0.15, -0.1) is 0 Å². The molecule has 20 heavy (non-hydrogen) atoms. The highest BCUT2D eigenvalue weighted by Crippen LogP contribution is 2.17. The van der Waals surface area contributed by atoms with Crippen molar-refractivity contribution in [3.63, 3.8) is 0 Å². The Morgan fingerprint density at radius 3 is 2.80 bits per heavy atom. The average Bonchev–Trinajstić information content (AvgIpc) is 2.85. The predicted octanol–water partition coefficient (Wildman–Crippen LogP) is 2.53. The van der Waals surface area contributed by atoms with Gasteiger partial charge >= 0.3 is 5.97 Å². The molecule has 118 valence electrons. The quantitative estimate of drug-likeness (QED) is 0.456. The van der Waals surface area contributed by atoms with Gasteiger partial charge in [-0.2, -0.15) is 0 Å². The molecule has 0 aromatic rings. The number of ether oxygens (including phenoxy) is 1. The molecule has 1 rings (SSSR count). The Morgan fingerprint density at radius 2 is 2.10 bits per heavy atom. The van der Waals surface area contributed by atoms with E-state index in [0.29, 0.717) is 13.0 Å². The van der Waals surface area contributed by atoms with Crippen LogP contribution in [0.4, 0.5) is 0 Å². The first kappa shape index (κ1) is 17.4. The number of likely N-dealkylation sites (tertiary alicyclic amines) is 1. The highest BCUT2D eigenvalue weighted by Gasteiger charge is 2.23. The van der Waals surface area contributed by atoms with Crippen LogP contribution in [0, 0.1) is 0 Å². The lowest BCUT2D eigenvalue weighted by Crippen LogP contribution is -2.39. The molecule has 0 N–H and O–H groups in total. The SMILES string of the molecule is CCOC(=O)CCCCCN(C)CC1CCCN1CC. The van der Waals surface area contributed by atoms with Crippen LogP contribution in [0.2, 0.25) is 0 Å². The van der Waals surface area contributed by atoms with Crippen LogP contribution in [0.1, 0.15) is 52.4 Å². The van der Waals surface area contributed by atoms with Gasteiger partial charge in [-0.3, -0.25) is 9.69 Å². The van der Waals surface area contributed by atoms with Crippen LogP contribution in [0.5, 0.6) is 0 Å². The number of carbonyl (C=O) groups is 1. The number of carbonyl (C=O) groups excluding carboxylic acids is 1. The van der Waals surface area contributed by atoms with Crippen molar-refractivity contribution in [3.05, 3.63) is 0 Å². The van der Waals surface area contributed by atoms with Crippen LogP contribution in [0.25, 0.3) is 0 Å². The van der Waals surface area contributed by atoms with Crippen LogP contribution in [-0.4, -0.2) is 61.6 Å². The molecule has 4 nitrogen and oxygen atoms in total. The zero-order chi connectivity index (χ0) is 14.8. The fourth-order valence-electron chi connectivity index (χ4n) is 3.03. The highest BCUT2D eigenvalue weighted by molar-refractivity contribution is 5.69. The Hall–Kier alpha value is -0.610. The zero-order valence-corrected chi connectivity index (χ0v) is 13.6. The number of rotatable bonds is 10. The summed E-state index contributed by atoms with van der Waals surface area (Å²) in [4.78, 5) is 16.2. The van der Waals surface area contributed by atoms with E-state index in [9.17, 15) is 4.79 Å². The van der Waals surface area contributed by atoms with E-state index in [-0.39, 0.29) is 5.97 Å². The molecule has 0 saturated carbocycles. The van der Waals surface area contributed by atoms with Gasteiger partial charge in [0.05, 0.1) is 6.61 Å². The fourth-order valence-corrected chi connectivity index (χ4v) is 3.03. The van der Waals surface area contributed by atoms with Crippen molar-refractivity contribution in [2.45, 2.75) is 58.4 Å². The monoisotopic (exact) mass is 284 g/mol. The molecule has 1 unspecified atom stereocenters. The molecule has 1 aliphatic rings. The number of hydrogen-bond acceptors (Lipinski definition) is 4. The maximum absolute atomic E-state index is 11.2. The zero-order valence-electron chi connectivity index (χ0n) is 13.6. The fraction of sp³-hybridized carbons (Fsp3) is 0.938. The van der Waals surface area contributed by atoms with Gasteiger partial charge in [-0.1, -0.05) is 13.3 Å². The number of esters is 1. The summed E-state index contributed by atoms with van der Waals surface area (Å²) in [7, 11) is 2.22. The third-order valence-corrected chi connectivity index (χ3v) is 4.15. The number of likely N-dealkylation sites (N-methyl/N-ethyl adjacent to an activating group) is 2. The van der Waals surface area contributed by atoms with Crippen molar-refractivity contribution in [1.82, 2.24) is 9.80 Å². The van der Waals surface area contributed by atoms with Gasteiger partial charge < -0.3 is 9.64 Å². The third-order valence-electron chi connectivity index (χ3n) is 4.15. The molecule has 0 aliphatic carbocycles. The molecule has 0 amide bonds. The van der Waals surface area contributed by atoms with Crippen molar-refractivity contribution >= 4 is 5.97 Å². The molecule has 0 aromatic carbocycles. The summed E-state index contributed by atoms with van der Waals surface area (Å²) in [6, 6.07) is 0.754. The normalized spacial score (nSPS) is 19.7. The van der Waals surface area contributed by atoms with E-state index in [1.807, 2.05) is 6.92 Å². The van der Waals surface area contributed by atoms with Gasteiger partial charge in [-0.25, -0.2) is 0 Å². The summed E-state index contributed by atoms with van der Waals surface area (Å²) < 4.78 is 4.93. The Kier molecular flexibility index (Phi) is 8.86. The Labute approximate surface area is 124 Å². The topological polar surface area (TPSA) is 32.8 Å². The van der Waals surface area contributed by atoms with Crippen molar-refractivity contribution in [2.75, 3.05) is 39.8 Å². The van der Waals surface area contributed by atoms with Gasteiger partial charge in [0.2, 0.25) is 0 Å². The minimum atomic E-state index is -0.0506. The second-order valence-corrected chi connectivity index (χ2v) is 5.80. The molecule has 1 fully saturated rings. The molecule has 1 atom stereocenters. The Bertz CT molecular complexity index is 271. The van der Waals surface area contributed by atoms with Gasteiger partial charge in [0.25, 0.3) is 0 Å². The van der Waals surface area contributed by atoms with Gasteiger partial charge in [0.15, 0.2) is 0 Å². The number of nitrogens with zero attached hydrogens (tertiary/aromatic N) is 2. The molecule has 0 spiro atoms. The molecule has 1 saturated heterocycles. The second-order valence-electron chi connectivity index (χ2n) is 5.80. The number of hydrogen-bond donors (Lipinski definition) is 0. The van der Waals surface area contributed by atoms with Crippen molar-refractivity contribution in [3.8, 4) is 0 Å². The third kappa shape index (κ3) is 6.71. The van der Waals surface area contributed by atoms with Gasteiger partial charge in [-0.05, 0) is 59.3 Å². The molecule has 0 bridgehead atoms. The van der Waals surface area contributed by atoms with E-state index < -0.39 is 0 Å². The molecule has 0 radical (unpaired) electrons. The van der Waals surface area contributed by atoms with E-state index in [0.717, 1.165) is 25.4 Å². The van der Waals surface area contributed by atoms with Gasteiger partial charge in [0, 0.05) is 19.0 Å². The van der Waals surface area contributed by atoms with E-state index in [1.165, 1.54) is 38.9 Å². The number of unbranched alkanes of at least 4 members (excludes halogenated alkanes) is 2. The van der Waals surface area contributed by atoms with Gasteiger partial charge in [0.1, 0.15) is 0 Å². The minimum Gasteiger partial charge on any atom is -0.466 e. The lowest BCUT2D eigenvalue weighted by Gasteiger charge is -2.27. The standard InChI is InChI=1S/C16H32N2O2/c1-4-18-13-9-10-15(18)14-17(3)12-8-6-7-11-16(19)20-5-2/h15H,4-14H2,1-3H3. The van der Waals surface area contributed by atoms with E-state index >= 15 is 0 Å². The van der Waals surface area contributed by atoms with E-state index in [4.69, 9.17) is 4.74 Å². The van der Waals surface area contributed by atoms with Crippen molar-refractivity contribution in [1.29, 1.82) is 0 Å². The Balaban J connectivity index is 2.02. The molecular weight excluding hydrogens is 252 g/mol. The summed E-state index contributed by atoms with van der Waals surface area (Å²) in [6.45, 7) is 9.38. The van der Waals surface area contributed by atoms with E-state index in [2.05, 4.69) is 23.8 Å². The maximum atomic E-state index is 11.2. The van der Waals surface area contributed by atoms with Crippen LogP contribution < -0.4 is 0 Å². The minimum absolute atomic E-state index is 0.0506. The van der Waals surface area contributed by atoms with Crippen LogP contribution in [0.15, 0.2) is 0 Å². The average molecular weight is 284 g/mol. The smallest absolute Gasteiger partial charge is 0.305 e. The van der Waals surface area contributed by atoms with Crippen LogP contribution in [0.3, 0.4) is 0 Å². The lowest BCUT2D eigenvalue weighted by molar-refractivity contribution is -0.143. The van der Waals surface area contributed by atoms with Crippen molar-refractivity contribution < 1.29 is 9.53 Å². The lowest BCUT2D eigenvalue weighted by atomic mass is 10.1. The van der Waals surface area contributed by atoms with Crippen molar-refractivity contribution in [2.24, 2.45) is 0 Å². The summed E-state index contributed by atoms with van der Waals surface area (Å²) in [5.74, 6) is -0.0506. The molecule has 4 heteroatoms. The first-order valence-electron chi connectivity index (χ1n) is 8.25. The summed E-state index contributed by atoms with van der Waals surface area (Å²) >= 11 is 0. The summed E-state index contributed by atoms with van der Waals surface area (Å²) in [5, 5.41) is 0. The first-order valence-corrected chi connectivity index (χ1v) is 8.25. The Morgan fingerprint density at radius 1 is 1.30 bits per heavy atom. The highest BCUT2D eigenvalue weighted by atomic mass is 16.5. The molecule has 0 aromatic heterocycles. The predicted molar refractivity (Wildman–Crippen MR) is 82.9 cm³/mol. The molecular formula is C16H32N2O2. The molecule has 1 aliphatic heterocycles. The summed E-state index contributed by atoms with van der Waals surface area (Å²) in [6.07, 6.45) is 6.52. The largest absolute Gasteiger partial charge is 0.466 e. The second kappa shape index (κ2) is 10.2. The summed E-state index contributed by atoms with van der Waals surface area (Å²) in [5.41, 5.74) is 0. The van der Waals surface area contributed by atoms with Crippen LogP contribution >= 0.6 is 0 Å². The van der Waals surface area contributed by atoms with Crippen LogP contribution in [-0.2, 0) is 9.53 Å². The maximum Gasteiger partial charge on any atom is 0.305 e. The first-order chi connectivity index (χ1) is 9.67. The molecule has 1 heterocycles. The van der Waals surface area contributed by atoms with E-state index in [1.54, 1.807) is 0 Å².